The van der Waals surface area contributed by atoms with Crippen molar-refractivity contribution in [2.24, 2.45) is 0 Å². The number of hydrogen-bond donors (Lipinski definition) is 2. The maximum absolute atomic E-state index is 12.0. The average Bonchev–Trinajstić information content (AvgIpc) is 2.54. The molecule has 6 heteroatoms. The van der Waals surface area contributed by atoms with Crippen molar-refractivity contribution in [3.8, 4) is 0 Å². The third-order valence-electron chi connectivity index (χ3n) is 3.83. The Morgan fingerprint density at radius 1 is 1.38 bits per heavy atom. The van der Waals surface area contributed by atoms with Crippen LogP contribution in [0.15, 0.2) is 18.2 Å². The smallest absolute Gasteiger partial charge is 0.340 e. The molecule has 2 rings (SSSR count). The summed E-state index contributed by atoms with van der Waals surface area (Å²) in [5.41, 5.74) is 7.34. The van der Waals surface area contributed by atoms with Gasteiger partial charge in [-0.1, -0.05) is 0 Å². The van der Waals surface area contributed by atoms with E-state index in [-0.39, 0.29) is 11.9 Å². The number of ether oxygens (including phenoxy) is 1. The quantitative estimate of drug-likeness (QED) is 0.645. The summed E-state index contributed by atoms with van der Waals surface area (Å²) >= 11 is 0. The van der Waals surface area contributed by atoms with Gasteiger partial charge >= 0.3 is 5.97 Å². The summed E-state index contributed by atoms with van der Waals surface area (Å²) in [4.78, 5) is 25.8. The van der Waals surface area contributed by atoms with Crippen molar-refractivity contribution in [2.75, 3.05) is 31.3 Å². The van der Waals surface area contributed by atoms with E-state index in [0.29, 0.717) is 11.3 Å². The molecule has 1 aliphatic rings. The number of methoxy groups -OCH3 is 1. The molecular weight excluding hydrogens is 270 g/mol. The van der Waals surface area contributed by atoms with Gasteiger partial charge in [0.05, 0.1) is 12.7 Å². The highest BCUT2D eigenvalue weighted by molar-refractivity contribution is 5.96. The van der Waals surface area contributed by atoms with Crippen LogP contribution in [0.2, 0.25) is 0 Å². The number of piperidine rings is 1. The number of carbonyl (C=O) groups is 2. The number of nitrogens with two attached hydrogens (primary N) is 1. The number of nitrogens with zero attached hydrogens (tertiary/aromatic N) is 1. The molecule has 0 saturated carbocycles. The Morgan fingerprint density at radius 3 is 2.81 bits per heavy atom. The molecule has 1 fully saturated rings. The maximum atomic E-state index is 12.0. The lowest BCUT2D eigenvalue weighted by Crippen LogP contribution is -2.48. The lowest BCUT2D eigenvalue weighted by Gasteiger charge is -2.36. The standard InChI is InChI=1S/C15H21N3O3/c1-17-14(19)13-5-3-4-8-18(13)10-6-7-12(16)11(9-10)15(20)21-2/h6-7,9,13H,3-5,8,16H2,1-2H3,(H,17,19). The van der Waals surface area contributed by atoms with E-state index >= 15 is 0 Å². The molecule has 0 bridgehead atoms. The fourth-order valence-electron chi connectivity index (χ4n) is 2.69. The highest BCUT2D eigenvalue weighted by atomic mass is 16.5. The lowest BCUT2D eigenvalue weighted by molar-refractivity contribution is -0.122. The molecule has 114 valence electrons. The first-order valence-electron chi connectivity index (χ1n) is 7.04. The second kappa shape index (κ2) is 6.47. The van der Waals surface area contributed by atoms with Gasteiger partial charge in [0.15, 0.2) is 0 Å². The first-order chi connectivity index (χ1) is 10.1. The number of anilines is 2. The summed E-state index contributed by atoms with van der Waals surface area (Å²) in [5, 5.41) is 2.70. The third-order valence-corrected chi connectivity index (χ3v) is 3.83. The minimum Gasteiger partial charge on any atom is -0.465 e. The molecule has 6 nitrogen and oxygen atoms in total. The van der Waals surface area contributed by atoms with E-state index in [1.54, 1.807) is 19.2 Å². The zero-order chi connectivity index (χ0) is 15.4. The second-order valence-electron chi connectivity index (χ2n) is 5.08. The minimum atomic E-state index is -0.470. The molecule has 1 aromatic carbocycles. The van der Waals surface area contributed by atoms with Crippen molar-refractivity contribution in [1.29, 1.82) is 0 Å². The van der Waals surface area contributed by atoms with Gasteiger partial charge in [0.2, 0.25) is 5.91 Å². The Hall–Kier alpha value is -2.24. The Labute approximate surface area is 124 Å². The number of hydrogen-bond acceptors (Lipinski definition) is 5. The van der Waals surface area contributed by atoms with E-state index in [0.717, 1.165) is 31.5 Å². The summed E-state index contributed by atoms with van der Waals surface area (Å²) in [6, 6.07) is 5.00. The van der Waals surface area contributed by atoms with Gasteiger partial charge in [-0.2, -0.15) is 0 Å². The molecule has 1 aliphatic heterocycles. The highest BCUT2D eigenvalue weighted by Crippen LogP contribution is 2.28. The summed E-state index contributed by atoms with van der Waals surface area (Å²) in [6.07, 6.45) is 2.84. The predicted molar refractivity (Wildman–Crippen MR) is 81.2 cm³/mol. The van der Waals surface area contributed by atoms with Crippen LogP contribution in [0, 0.1) is 0 Å². The number of rotatable bonds is 3. The van der Waals surface area contributed by atoms with E-state index in [1.165, 1.54) is 7.11 Å². The van der Waals surface area contributed by atoms with Crippen LogP contribution in [0.1, 0.15) is 29.6 Å². The second-order valence-corrected chi connectivity index (χ2v) is 5.08. The monoisotopic (exact) mass is 291 g/mol. The SMILES string of the molecule is CNC(=O)C1CCCCN1c1ccc(N)c(C(=O)OC)c1. The molecule has 1 unspecified atom stereocenters. The Bertz CT molecular complexity index is 545. The minimum absolute atomic E-state index is 0.00820. The lowest BCUT2D eigenvalue weighted by atomic mass is 9.99. The van der Waals surface area contributed by atoms with Crippen molar-refractivity contribution in [3.05, 3.63) is 23.8 Å². The number of benzene rings is 1. The van der Waals surface area contributed by atoms with E-state index in [2.05, 4.69) is 5.32 Å². The van der Waals surface area contributed by atoms with Gasteiger partial charge in [-0.3, -0.25) is 4.79 Å². The number of nitrogen functional groups attached to an aromatic ring is 1. The fraction of sp³-hybridized carbons (Fsp3) is 0.467. The molecule has 0 aliphatic carbocycles. The Balaban J connectivity index is 2.35. The molecule has 0 aromatic heterocycles. The molecule has 3 N–H and O–H groups in total. The van der Waals surface area contributed by atoms with Crippen molar-refractivity contribution >= 4 is 23.3 Å². The zero-order valence-corrected chi connectivity index (χ0v) is 12.4. The van der Waals surface area contributed by atoms with Gasteiger partial charge in [-0.15, -0.1) is 0 Å². The molecule has 1 atom stereocenters. The van der Waals surface area contributed by atoms with Crippen molar-refractivity contribution in [2.45, 2.75) is 25.3 Å². The third kappa shape index (κ3) is 3.09. The van der Waals surface area contributed by atoms with Gasteiger partial charge < -0.3 is 20.7 Å². The molecule has 0 spiro atoms. The number of amides is 1. The van der Waals surface area contributed by atoms with Gasteiger partial charge in [-0.05, 0) is 37.5 Å². The Kier molecular flexibility index (Phi) is 4.67. The summed E-state index contributed by atoms with van der Waals surface area (Å²) in [5.74, 6) is -0.478. The first kappa shape index (κ1) is 15.2. The number of esters is 1. The predicted octanol–water partition coefficient (Wildman–Crippen LogP) is 1.16. The molecule has 1 amide bonds. The average molecular weight is 291 g/mol. The fourth-order valence-corrected chi connectivity index (χ4v) is 2.69. The number of likely N-dealkylation sites (N-methyl/N-ethyl adjacent to an activating group) is 1. The topological polar surface area (TPSA) is 84.7 Å². The van der Waals surface area contributed by atoms with Crippen LogP contribution in [-0.4, -0.2) is 38.6 Å². The zero-order valence-electron chi connectivity index (χ0n) is 12.4. The van der Waals surface area contributed by atoms with Crippen molar-refractivity contribution < 1.29 is 14.3 Å². The van der Waals surface area contributed by atoms with E-state index in [1.807, 2.05) is 11.0 Å². The van der Waals surface area contributed by atoms with Gasteiger partial charge in [0, 0.05) is 25.0 Å². The van der Waals surface area contributed by atoms with Crippen LogP contribution in [-0.2, 0) is 9.53 Å². The summed E-state index contributed by atoms with van der Waals surface area (Å²) in [6.45, 7) is 0.780. The molecule has 1 aromatic rings. The van der Waals surface area contributed by atoms with Crippen LogP contribution < -0.4 is 16.0 Å². The highest BCUT2D eigenvalue weighted by Gasteiger charge is 2.28. The van der Waals surface area contributed by atoms with Crippen molar-refractivity contribution in [1.82, 2.24) is 5.32 Å². The van der Waals surface area contributed by atoms with E-state index in [9.17, 15) is 9.59 Å². The molecule has 1 saturated heterocycles. The molecule has 0 radical (unpaired) electrons. The van der Waals surface area contributed by atoms with E-state index in [4.69, 9.17) is 10.5 Å². The largest absolute Gasteiger partial charge is 0.465 e. The summed E-state index contributed by atoms with van der Waals surface area (Å²) < 4.78 is 4.74. The molecule has 21 heavy (non-hydrogen) atoms. The molecule has 1 heterocycles. The van der Waals surface area contributed by atoms with Crippen molar-refractivity contribution in [3.63, 3.8) is 0 Å². The number of carbonyl (C=O) groups excluding carboxylic acids is 2. The normalized spacial score (nSPS) is 18.2. The van der Waals surface area contributed by atoms with Gasteiger partial charge in [0.25, 0.3) is 0 Å². The van der Waals surface area contributed by atoms with Gasteiger partial charge in [0.1, 0.15) is 6.04 Å². The summed E-state index contributed by atoms with van der Waals surface area (Å²) in [7, 11) is 2.96. The van der Waals surface area contributed by atoms with Crippen LogP contribution in [0.5, 0.6) is 0 Å². The maximum Gasteiger partial charge on any atom is 0.340 e. The van der Waals surface area contributed by atoms with Crippen LogP contribution >= 0.6 is 0 Å². The van der Waals surface area contributed by atoms with Gasteiger partial charge in [-0.25, -0.2) is 4.79 Å². The van der Waals surface area contributed by atoms with E-state index < -0.39 is 5.97 Å². The first-order valence-corrected chi connectivity index (χ1v) is 7.04. The van der Waals surface area contributed by atoms with Crippen LogP contribution in [0.25, 0.3) is 0 Å². The van der Waals surface area contributed by atoms with Crippen LogP contribution in [0.3, 0.4) is 0 Å². The Morgan fingerprint density at radius 2 is 2.14 bits per heavy atom. The molecular formula is C15H21N3O3. The number of nitrogens with one attached hydrogen (secondary N) is 1. The van der Waals surface area contributed by atoms with Crippen LogP contribution in [0.4, 0.5) is 11.4 Å².